The van der Waals surface area contributed by atoms with Crippen molar-refractivity contribution in [3.05, 3.63) is 60.0 Å². The molecular formula is C20H24Cl2N6O2. The molecule has 10 heteroatoms. The number of hydrogen-bond donors (Lipinski definition) is 2. The quantitative estimate of drug-likeness (QED) is 0.613. The van der Waals surface area contributed by atoms with Crippen LogP contribution >= 0.6 is 24.8 Å². The lowest BCUT2D eigenvalue weighted by Crippen LogP contribution is -2.30. The summed E-state index contributed by atoms with van der Waals surface area (Å²) < 4.78 is 7.58. The summed E-state index contributed by atoms with van der Waals surface area (Å²) in [5.74, 6) is 0.797. The number of amides is 1. The standard InChI is InChI=1S/C20H22N6O2.2ClH/c1-14-19(24-25-26(14)16-8-11-21-12-9-16)20(27)23-15-5-4-6-17(13-15)28-18-7-2-3-10-22-18;;/h2-7,10,13,16,21H,8-9,11-12H2,1H3,(H,23,27);2*1H. The summed E-state index contributed by atoms with van der Waals surface area (Å²) in [6.07, 6.45) is 3.63. The molecular weight excluding hydrogens is 427 g/mol. The number of anilines is 1. The van der Waals surface area contributed by atoms with E-state index >= 15 is 0 Å². The van der Waals surface area contributed by atoms with Gasteiger partial charge in [0.15, 0.2) is 5.69 Å². The van der Waals surface area contributed by atoms with Crippen LogP contribution in [-0.4, -0.2) is 39.0 Å². The van der Waals surface area contributed by atoms with E-state index in [0.29, 0.717) is 23.0 Å². The Kier molecular flexibility index (Phi) is 8.58. The Morgan fingerprint density at radius 2 is 1.97 bits per heavy atom. The molecule has 3 heterocycles. The van der Waals surface area contributed by atoms with E-state index in [-0.39, 0.29) is 36.8 Å². The van der Waals surface area contributed by atoms with Crippen molar-refractivity contribution in [1.29, 1.82) is 0 Å². The number of carbonyl (C=O) groups is 1. The number of rotatable bonds is 5. The third kappa shape index (κ3) is 5.47. The van der Waals surface area contributed by atoms with Crippen LogP contribution < -0.4 is 15.4 Å². The lowest BCUT2D eigenvalue weighted by atomic mass is 10.1. The van der Waals surface area contributed by atoms with Gasteiger partial charge in [0, 0.05) is 24.0 Å². The first-order valence-corrected chi connectivity index (χ1v) is 9.33. The van der Waals surface area contributed by atoms with Crippen LogP contribution in [0.1, 0.15) is 35.1 Å². The minimum absolute atomic E-state index is 0. The molecule has 1 aromatic carbocycles. The highest BCUT2D eigenvalue weighted by Gasteiger charge is 2.23. The second-order valence-electron chi connectivity index (χ2n) is 6.70. The summed E-state index contributed by atoms with van der Waals surface area (Å²) in [7, 11) is 0. The van der Waals surface area contributed by atoms with E-state index in [9.17, 15) is 4.79 Å². The van der Waals surface area contributed by atoms with Crippen LogP contribution in [0.5, 0.6) is 11.6 Å². The highest BCUT2D eigenvalue weighted by molar-refractivity contribution is 6.03. The number of hydrogen-bond acceptors (Lipinski definition) is 6. The molecule has 2 N–H and O–H groups in total. The minimum atomic E-state index is -0.285. The zero-order valence-electron chi connectivity index (χ0n) is 16.4. The third-order valence-electron chi connectivity index (χ3n) is 4.75. The molecule has 1 amide bonds. The number of nitrogens with zero attached hydrogens (tertiary/aromatic N) is 4. The van der Waals surface area contributed by atoms with Gasteiger partial charge >= 0.3 is 0 Å². The second kappa shape index (κ2) is 10.9. The number of nitrogens with one attached hydrogen (secondary N) is 2. The van der Waals surface area contributed by atoms with Crippen molar-refractivity contribution in [2.24, 2.45) is 0 Å². The number of pyridine rings is 1. The largest absolute Gasteiger partial charge is 0.439 e. The number of ether oxygens (including phenoxy) is 1. The van der Waals surface area contributed by atoms with E-state index in [0.717, 1.165) is 31.6 Å². The fourth-order valence-electron chi connectivity index (χ4n) is 3.30. The second-order valence-corrected chi connectivity index (χ2v) is 6.70. The summed E-state index contributed by atoms with van der Waals surface area (Å²) in [5.41, 5.74) is 1.74. The molecule has 3 aromatic rings. The summed E-state index contributed by atoms with van der Waals surface area (Å²) >= 11 is 0. The van der Waals surface area contributed by atoms with E-state index < -0.39 is 0 Å². The van der Waals surface area contributed by atoms with E-state index in [1.807, 2.05) is 35.9 Å². The Balaban J connectivity index is 0.00000160. The van der Waals surface area contributed by atoms with Gasteiger partial charge in [-0.25, -0.2) is 9.67 Å². The van der Waals surface area contributed by atoms with Crippen molar-refractivity contribution >= 4 is 36.4 Å². The topological polar surface area (TPSA) is 94.0 Å². The van der Waals surface area contributed by atoms with Gasteiger partial charge in [0.1, 0.15) is 5.75 Å². The van der Waals surface area contributed by atoms with Gasteiger partial charge in [0.25, 0.3) is 5.91 Å². The van der Waals surface area contributed by atoms with Gasteiger partial charge in [0.2, 0.25) is 5.88 Å². The number of aromatic nitrogens is 4. The minimum Gasteiger partial charge on any atom is -0.439 e. The first-order valence-electron chi connectivity index (χ1n) is 9.33. The molecule has 1 saturated heterocycles. The van der Waals surface area contributed by atoms with Gasteiger partial charge < -0.3 is 15.4 Å². The first-order chi connectivity index (χ1) is 13.7. The maximum absolute atomic E-state index is 12.7. The molecule has 1 aliphatic heterocycles. The van der Waals surface area contributed by atoms with E-state index in [2.05, 4.69) is 25.9 Å². The lowest BCUT2D eigenvalue weighted by Gasteiger charge is -2.23. The zero-order chi connectivity index (χ0) is 19.3. The van der Waals surface area contributed by atoms with Gasteiger partial charge in [-0.05, 0) is 51.1 Å². The predicted octanol–water partition coefficient (Wildman–Crippen LogP) is 3.79. The molecule has 0 radical (unpaired) electrons. The third-order valence-corrected chi connectivity index (χ3v) is 4.75. The van der Waals surface area contributed by atoms with Crippen molar-refractivity contribution < 1.29 is 9.53 Å². The Hall–Kier alpha value is -2.68. The number of halogens is 2. The maximum Gasteiger partial charge on any atom is 0.278 e. The highest BCUT2D eigenvalue weighted by Crippen LogP contribution is 2.24. The highest BCUT2D eigenvalue weighted by atomic mass is 35.5. The molecule has 0 aliphatic carbocycles. The van der Waals surface area contributed by atoms with Crippen LogP contribution in [0, 0.1) is 6.92 Å². The van der Waals surface area contributed by atoms with Crippen LogP contribution in [0.3, 0.4) is 0 Å². The summed E-state index contributed by atoms with van der Waals surface area (Å²) in [4.78, 5) is 16.8. The monoisotopic (exact) mass is 450 g/mol. The SMILES string of the molecule is Cc1c(C(=O)Nc2cccc(Oc3ccccn3)c2)nnn1C1CCNCC1.Cl.Cl. The summed E-state index contributed by atoms with van der Waals surface area (Å²) in [6.45, 7) is 3.79. The smallest absolute Gasteiger partial charge is 0.278 e. The van der Waals surface area contributed by atoms with E-state index in [4.69, 9.17) is 4.74 Å². The molecule has 1 aliphatic rings. The molecule has 4 rings (SSSR count). The molecule has 160 valence electrons. The van der Waals surface area contributed by atoms with Crippen molar-refractivity contribution in [3.8, 4) is 11.6 Å². The van der Waals surface area contributed by atoms with Gasteiger partial charge in [-0.1, -0.05) is 17.3 Å². The van der Waals surface area contributed by atoms with Gasteiger partial charge in [0.05, 0.1) is 11.7 Å². The summed E-state index contributed by atoms with van der Waals surface area (Å²) in [5, 5.41) is 14.5. The Bertz CT molecular complexity index is 961. The number of piperidine rings is 1. The van der Waals surface area contributed by atoms with E-state index in [1.165, 1.54) is 0 Å². The van der Waals surface area contributed by atoms with E-state index in [1.54, 1.807) is 24.4 Å². The molecule has 0 unspecified atom stereocenters. The average Bonchev–Trinajstić information content (AvgIpc) is 3.11. The molecule has 0 bridgehead atoms. The number of carbonyl (C=O) groups excluding carboxylic acids is 1. The Labute approximate surface area is 187 Å². The normalized spacial score (nSPS) is 13.6. The van der Waals surface area contributed by atoms with Crippen molar-refractivity contribution in [1.82, 2.24) is 25.3 Å². The lowest BCUT2D eigenvalue weighted by molar-refractivity contribution is 0.102. The van der Waals surface area contributed by atoms with Crippen molar-refractivity contribution in [2.75, 3.05) is 18.4 Å². The van der Waals surface area contributed by atoms with Gasteiger partial charge in [-0.2, -0.15) is 0 Å². The van der Waals surface area contributed by atoms with Crippen LogP contribution in [0.4, 0.5) is 5.69 Å². The van der Waals surface area contributed by atoms with Crippen molar-refractivity contribution in [2.45, 2.75) is 25.8 Å². The van der Waals surface area contributed by atoms with Crippen LogP contribution in [0.25, 0.3) is 0 Å². The Morgan fingerprint density at radius 3 is 2.70 bits per heavy atom. The Morgan fingerprint density at radius 1 is 1.17 bits per heavy atom. The molecule has 1 fully saturated rings. The van der Waals surface area contributed by atoms with Crippen LogP contribution in [-0.2, 0) is 0 Å². The molecule has 30 heavy (non-hydrogen) atoms. The molecule has 0 spiro atoms. The van der Waals surface area contributed by atoms with Gasteiger partial charge in [-0.3, -0.25) is 4.79 Å². The molecule has 2 aromatic heterocycles. The van der Waals surface area contributed by atoms with Crippen LogP contribution in [0.15, 0.2) is 48.7 Å². The number of benzene rings is 1. The molecule has 0 atom stereocenters. The predicted molar refractivity (Wildman–Crippen MR) is 119 cm³/mol. The first kappa shape index (κ1) is 23.6. The fourth-order valence-corrected chi connectivity index (χ4v) is 3.30. The zero-order valence-corrected chi connectivity index (χ0v) is 18.1. The maximum atomic E-state index is 12.7. The molecule has 8 nitrogen and oxygen atoms in total. The average molecular weight is 451 g/mol. The van der Waals surface area contributed by atoms with Crippen LogP contribution in [0.2, 0.25) is 0 Å². The fraction of sp³-hybridized carbons (Fsp3) is 0.300. The summed E-state index contributed by atoms with van der Waals surface area (Å²) in [6, 6.07) is 12.9. The van der Waals surface area contributed by atoms with Gasteiger partial charge in [-0.15, -0.1) is 29.9 Å². The van der Waals surface area contributed by atoms with Crippen molar-refractivity contribution in [3.63, 3.8) is 0 Å². The molecule has 0 saturated carbocycles.